The molecule has 0 saturated carbocycles. The minimum atomic E-state index is -1.02. The highest BCUT2D eigenvalue weighted by atomic mass is 19.1. The Morgan fingerprint density at radius 3 is 2.71 bits per heavy atom. The van der Waals surface area contributed by atoms with Gasteiger partial charge in [-0.25, -0.2) is 8.78 Å². The average molecular weight is 434 g/mol. The molecule has 2 atom stereocenters. The van der Waals surface area contributed by atoms with Gasteiger partial charge in [0.2, 0.25) is 5.43 Å². The standard InChI is InChI=1S/C20H20F2N4O5/c1-10(27)24-6-13-7-25(9-24)20(31)16-18(29)17(28)14(8-26(13)16)19(30)23-5-11-2-3-12(21)4-15(11)22/h2-4,8,10,13,27,29H,5-7,9H2,1H3,(H,23,30). The van der Waals surface area contributed by atoms with Crippen molar-refractivity contribution in [3.63, 3.8) is 0 Å². The summed E-state index contributed by atoms with van der Waals surface area (Å²) < 4.78 is 28.2. The number of benzene rings is 1. The first kappa shape index (κ1) is 20.9. The molecule has 11 heteroatoms. The van der Waals surface area contributed by atoms with Gasteiger partial charge >= 0.3 is 0 Å². The lowest BCUT2D eigenvalue weighted by Gasteiger charge is -2.46. The van der Waals surface area contributed by atoms with Crippen molar-refractivity contribution < 1.29 is 28.6 Å². The molecule has 4 rings (SSSR count). The van der Waals surface area contributed by atoms with Gasteiger partial charge in [-0.05, 0) is 13.0 Å². The summed E-state index contributed by atoms with van der Waals surface area (Å²) in [4.78, 5) is 41.0. The zero-order valence-electron chi connectivity index (χ0n) is 16.5. The van der Waals surface area contributed by atoms with Crippen molar-refractivity contribution >= 4 is 11.8 Å². The van der Waals surface area contributed by atoms with Crippen molar-refractivity contribution in [2.24, 2.45) is 0 Å². The fourth-order valence-corrected chi connectivity index (χ4v) is 3.88. The molecule has 2 unspecified atom stereocenters. The molecule has 1 fully saturated rings. The second kappa shape index (κ2) is 7.75. The number of aromatic hydroxyl groups is 1. The highest BCUT2D eigenvalue weighted by molar-refractivity contribution is 5.99. The van der Waals surface area contributed by atoms with Crippen molar-refractivity contribution in [2.75, 3.05) is 19.8 Å². The molecule has 2 bridgehead atoms. The van der Waals surface area contributed by atoms with E-state index < -0.39 is 52.5 Å². The first-order valence-electron chi connectivity index (χ1n) is 9.59. The largest absolute Gasteiger partial charge is 0.503 e. The first-order valence-corrected chi connectivity index (χ1v) is 9.59. The minimum Gasteiger partial charge on any atom is -0.503 e. The number of aromatic nitrogens is 1. The number of pyridine rings is 1. The maximum Gasteiger partial charge on any atom is 0.275 e. The lowest BCUT2D eigenvalue weighted by Crippen LogP contribution is -2.58. The van der Waals surface area contributed by atoms with Gasteiger partial charge in [-0.15, -0.1) is 0 Å². The van der Waals surface area contributed by atoms with Crippen LogP contribution in [0.15, 0.2) is 29.2 Å². The van der Waals surface area contributed by atoms with Gasteiger partial charge in [0.1, 0.15) is 23.4 Å². The van der Waals surface area contributed by atoms with Gasteiger partial charge in [-0.3, -0.25) is 19.3 Å². The van der Waals surface area contributed by atoms with Crippen LogP contribution >= 0.6 is 0 Å². The Kier molecular flexibility index (Phi) is 5.23. The summed E-state index contributed by atoms with van der Waals surface area (Å²) in [5, 5.41) is 22.7. The van der Waals surface area contributed by atoms with Crippen LogP contribution in [0, 0.1) is 11.6 Å². The molecule has 1 aromatic heterocycles. The van der Waals surface area contributed by atoms with Gasteiger partial charge < -0.3 is 25.0 Å². The number of nitrogens with zero attached hydrogens (tertiary/aromatic N) is 3. The number of carbonyl (C=O) groups excluding carboxylic acids is 2. The molecule has 3 N–H and O–H groups in total. The Morgan fingerprint density at radius 1 is 1.29 bits per heavy atom. The van der Waals surface area contributed by atoms with E-state index in [0.29, 0.717) is 19.2 Å². The van der Waals surface area contributed by atoms with Gasteiger partial charge in [-0.1, -0.05) is 6.07 Å². The normalized spacial score (nSPS) is 19.2. The summed E-state index contributed by atoms with van der Waals surface area (Å²) in [5.41, 5.74) is -1.64. The fourth-order valence-electron chi connectivity index (χ4n) is 3.88. The topological polar surface area (TPSA) is 115 Å². The van der Waals surface area contributed by atoms with E-state index in [2.05, 4.69) is 5.32 Å². The second-order valence-electron chi connectivity index (χ2n) is 7.62. The third-order valence-electron chi connectivity index (χ3n) is 5.55. The Morgan fingerprint density at radius 2 is 2.03 bits per heavy atom. The van der Waals surface area contributed by atoms with E-state index in [1.165, 1.54) is 21.7 Å². The van der Waals surface area contributed by atoms with Crippen LogP contribution in [0.25, 0.3) is 0 Å². The van der Waals surface area contributed by atoms with E-state index in [1.54, 1.807) is 11.8 Å². The summed E-state index contributed by atoms with van der Waals surface area (Å²) in [5.74, 6) is -3.92. The number of halogens is 2. The van der Waals surface area contributed by atoms with E-state index >= 15 is 0 Å². The molecule has 31 heavy (non-hydrogen) atoms. The zero-order chi connectivity index (χ0) is 22.4. The van der Waals surface area contributed by atoms with Crippen LogP contribution in [0.5, 0.6) is 5.75 Å². The average Bonchev–Trinajstić information content (AvgIpc) is 2.73. The second-order valence-corrected chi connectivity index (χ2v) is 7.62. The van der Waals surface area contributed by atoms with Gasteiger partial charge in [0, 0.05) is 37.5 Å². The van der Waals surface area contributed by atoms with Crippen LogP contribution in [-0.4, -0.2) is 62.4 Å². The Bertz CT molecular complexity index is 1130. The molecule has 2 amide bonds. The van der Waals surface area contributed by atoms with E-state index in [-0.39, 0.29) is 24.5 Å². The molecule has 0 radical (unpaired) electrons. The highest BCUT2D eigenvalue weighted by Crippen LogP contribution is 2.30. The summed E-state index contributed by atoms with van der Waals surface area (Å²) >= 11 is 0. The van der Waals surface area contributed by atoms with Crippen molar-refractivity contribution in [3.8, 4) is 5.75 Å². The molecule has 2 aliphatic heterocycles. The zero-order valence-corrected chi connectivity index (χ0v) is 16.5. The van der Waals surface area contributed by atoms with Crippen molar-refractivity contribution in [2.45, 2.75) is 25.7 Å². The summed E-state index contributed by atoms with van der Waals surface area (Å²) in [6.07, 6.45) is 0.375. The van der Waals surface area contributed by atoms with Crippen LogP contribution in [0.3, 0.4) is 0 Å². The number of hydrogen-bond acceptors (Lipinski definition) is 6. The predicted molar refractivity (Wildman–Crippen MR) is 103 cm³/mol. The lowest BCUT2D eigenvalue weighted by molar-refractivity contribution is -0.0536. The van der Waals surface area contributed by atoms with Crippen molar-refractivity contribution in [1.29, 1.82) is 0 Å². The molecular formula is C20H20F2N4O5. The molecule has 164 valence electrons. The smallest absolute Gasteiger partial charge is 0.275 e. The van der Waals surface area contributed by atoms with E-state index in [1.807, 2.05) is 0 Å². The molecule has 2 aromatic rings. The third kappa shape index (κ3) is 3.66. The number of rotatable bonds is 4. The van der Waals surface area contributed by atoms with Gasteiger partial charge in [-0.2, -0.15) is 0 Å². The van der Waals surface area contributed by atoms with Crippen molar-refractivity contribution in [1.82, 2.24) is 19.7 Å². The molecule has 0 aliphatic carbocycles. The molecule has 1 aromatic carbocycles. The first-order chi connectivity index (χ1) is 14.7. The molecule has 3 heterocycles. The number of aliphatic hydroxyl groups is 1. The van der Waals surface area contributed by atoms with Gasteiger partial charge in [0.25, 0.3) is 11.8 Å². The maximum absolute atomic E-state index is 13.8. The molecule has 2 aliphatic rings. The quantitative estimate of drug-likeness (QED) is 0.641. The molecule has 9 nitrogen and oxygen atoms in total. The minimum absolute atomic E-state index is 0.0164. The van der Waals surface area contributed by atoms with Crippen molar-refractivity contribution in [3.05, 3.63) is 63.1 Å². The number of fused-ring (bicyclic) bond motifs is 4. The summed E-state index contributed by atoms with van der Waals surface area (Å²) in [6.45, 7) is 2.02. The molecular weight excluding hydrogens is 414 g/mol. The van der Waals surface area contributed by atoms with Gasteiger partial charge in [0.05, 0.1) is 12.7 Å². The van der Waals surface area contributed by atoms with E-state index in [4.69, 9.17) is 0 Å². The number of aliphatic hydroxyl groups excluding tert-OH is 1. The highest BCUT2D eigenvalue weighted by Gasteiger charge is 2.40. The molecule has 0 spiro atoms. The fraction of sp³-hybridized carbons (Fsp3) is 0.350. The van der Waals surface area contributed by atoms with E-state index in [0.717, 1.165) is 6.07 Å². The van der Waals surface area contributed by atoms with Crippen LogP contribution < -0.4 is 10.7 Å². The Hall–Kier alpha value is -3.31. The van der Waals surface area contributed by atoms with Crippen LogP contribution in [0.4, 0.5) is 8.78 Å². The van der Waals surface area contributed by atoms with E-state index in [9.17, 15) is 33.4 Å². The molecule has 1 saturated heterocycles. The Balaban J connectivity index is 1.65. The summed E-state index contributed by atoms with van der Waals surface area (Å²) in [6, 6.07) is 2.49. The number of carbonyl (C=O) groups is 2. The number of nitrogens with one attached hydrogen (secondary N) is 1. The Labute approximate surface area is 175 Å². The van der Waals surface area contributed by atoms with Crippen LogP contribution in [0.1, 0.15) is 39.4 Å². The number of amides is 2. The third-order valence-corrected chi connectivity index (χ3v) is 5.55. The number of hydrogen-bond donors (Lipinski definition) is 3. The SMILES string of the molecule is CC(O)N1CC2CN(C1)C(=O)c1c(O)c(=O)c(C(=O)NCc3ccc(F)cc3F)cn12. The van der Waals surface area contributed by atoms with Crippen LogP contribution in [0.2, 0.25) is 0 Å². The summed E-state index contributed by atoms with van der Waals surface area (Å²) in [7, 11) is 0. The van der Waals surface area contributed by atoms with Crippen LogP contribution in [-0.2, 0) is 6.54 Å². The van der Waals surface area contributed by atoms with Gasteiger partial charge in [0.15, 0.2) is 11.4 Å². The predicted octanol–water partition coefficient (Wildman–Crippen LogP) is 0.370. The monoisotopic (exact) mass is 434 g/mol. The lowest BCUT2D eigenvalue weighted by atomic mass is 10.0. The maximum atomic E-state index is 13.8.